The first-order chi connectivity index (χ1) is 14.9. The minimum atomic E-state index is -4.39. The van der Waals surface area contributed by atoms with Crippen molar-refractivity contribution in [3.8, 4) is 0 Å². The van der Waals surface area contributed by atoms with Gasteiger partial charge >= 0.3 is 10.4 Å². The second-order valence-electron chi connectivity index (χ2n) is 12.1. The molecule has 0 bridgehead atoms. The Balaban J connectivity index is 0.00000306. The fourth-order valence-corrected chi connectivity index (χ4v) is 9.78. The van der Waals surface area contributed by atoms with E-state index in [0.717, 1.165) is 51.4 Å². The maximum atomic E-state index is 11.7. The van der Waals surface area contributed by atoms with Gasteiger partial charge in [0, 0.05) is 29.6 Å². The second kappa shape index (κ2) is 10.3. The summed E-state index contributed by atoms with van der Waals surface area (Å²) in [5, 5.41) is 22.1. The van der Waals surface area contributed by atoms with Crippen LogP contribution >= 0.6 is 0 Å². The van der Waals surface area contributed by atoms with Crippen molar-refractivity contribution in [3.05, 3.63) is 0 Å². The van der Waals surface area contributed by atoms with Gasteiger partial charge < -0.3 is 10.2 Å². The minimum Gasteiger partial charge on any atom is -0.393 e. The minimum absolute atomic E-state index is 0. The van der Waals surface area contributed by atoms with Crippen molar-refractivity contribution in [1.29, 1.82) is 0 Å². The van der Waals surface area contributed by atoms with Gasteiger partial charge in [-0.05, 0) is 104 Å². The average Bonchev–Trinajstić information content (AvgIpc) is 3.06. The van der Waals surface area contributed by atoms with Crippen LogP contribution in [0.5, 0.6) is 0 Å². The van der Waals surface area contributed by atoms with Crippen molar-refractivity contribution >= 4 is 40.0 Å². The summed E-state index contributed by atoms with van der Waals surface area (Å²) in [7, 11) is -4.39. The van der Waals surface area contributed by atoms with E-state index in [1.807, 2.05) is 0 Å². The number of hydrogen-bond donors (Lipinski definition) is 3. The van der Waals surface area contributed by atoms with Crippen molar-refractivity contribution in [1.82, 2.24) is 0 Å². The van der Waals surface area contributed by atoms with Crippen molar-refractivity contribution in [2.45, 2.75) is 97.7 Å². The normalized spacial score (nSPS) is 48.2. The van der Waals surface area contributed by atoms with E-state index >= 15 is 0 Å². The van der Waals surface area contributed by atoms with Crippen molar-refractivity contribution in [2.75, 3.05) is 6.61 Å². The van der Waals surface area contributed by atoms with Crippen LogP contribution in [-0.4, -0.2) is 71.6 Å². The molecule has 0 aromatic rings. The molecule has 8 heteroatoms. The molecule has 0 aliphatic heterocycles. The molecule has 4 saturated carbocycles. The fourth-order valence-electron chi connectivity index (χ4n) is 9.47. The van der Waals surface area contributed by atoms with Gasteiger partial charge in [-0.3, -0.25) is 4.55 Å². The van der Waals surface area contributed by atoms with Crippen LogP contribution in [0.4, 0.5) is 0 Å². The van der Waals surface area contributed by atoms with Crippen molar-refractivity contribution in [3.63, 3.8) is 0 Å². The molecule has 0 aromatic heterocycles. The molecule has 0 saturated heterocycles. The zero-order valence-corrected chi connectivity index (χ0v) is 24.1. The number of aliphatic hydroxyl groups excluding tert-OH is 2. The van der Waals surface area contributed by atoms with Crippen LogP contribution in [0.15, 0.2) is 0 Å². The molecule has 4 rings (SSSR count). The molecule has 0 heterocycles. The Kier molecular flexibility index (Phi) is 8.83. The molecule has 11 atom stereocenters. The average molecular weight is 496 g/mol. The third-order valence-electron chi connectivity index (χ3n) is 11.0. The van der Waals surface area contributed by atoms with E-state index in [-0.39, 0.29) is 65.1 Å². The summed E-state index contributed by atoms with van der Waals surface area (Å²) in [5.41, 5.74) is 0.355. The van der Waals surface area contributed by atoms with Gasteiger partial charge in [-0.15, -0.1) is 0 Å². The molecule has 33 heavy (non-hydrogen) atoms. The number of aliphatic hydroxyl groups is 2. The van der Waals surface area contributed by atoms with Gasteiger partial charge in [0.05, 0.1) is 18.8 Å². The van der Waals surface area contributed by atoms with Crippen LogP contribution in [0.1, 0.15) is 85.5 Å². The van der Waals surface area contributed by atoms with Gasteiger partial charge in [-0.1, -0.05) is 34.1 Å². The van der Waals surface area contributed by atoms with Crippen LogP contribution in [0.2, 0.25) is 0 Å². The Morgan fingerprint density at radius 3 is 2.27 bits per heavy atom. The first-order valence-corrected chi connectivity index (χ1v) is 14.3. The van der Waals surface area contributed by atoms with Gasteiger partial charge in [0.1, 0.15) is 0 Å². The Bertz CT molecular complexity index is 792. The third-order valence-corrected chi connectivity index (χ3v) is 11.4. The summed E-state index contributed by atoms with van der Waals surface area (Å²) in [6.07, 6.45) is 8.38. The largest absolute Gasteiger partial charge is 0.397 e. The van der Waals surface area contributed by atoms with Crippen LogP contribution < -0.4 is 0 Å². The SMILES string of the molecule is CC[C@H]1[C@@H](O)[C@@H]2[C@H](CC[C@]3(C)[C@@H]([C@H](C)CCOS(=O)(=O)O)CC[C@@H]23)[C@@]2(C)CC[C@@H](O)C[C@@H]12.[Na]. The fraction of sp³-hybridized carbons (Fsp3) is 1.00. The van der Waals surface area contributed by atoms with E-state index in [4.69, 9.17) is 4.55 Å². The summed E-state index contributed by atoms with van der Waals surface area (Å²) in [6, 6.07) is 0. The predicted octanol–water partition coefficient (Wildman–Crippen LogP) is 4.08. The number of fused-ring (bicyclic) bond motifs is 5. The zero-order valence-electron chi connectivity index (χ0n) is 21.2. The van der Waals surface area contributed by atoms with E-state index in [0.29, 0.717) is 41.9 Å². The van der Waals surface area contributed by atoms with E-state index in [9.17, 15) is 18.6 Å². The molecule has 0 spiro atoms. The van der Waals surface area contributed by atoms with E-state index in [1.165, 1.54) is 0 Å². The standard InChI is InChI=1S/C25H44O6S.Na/c1-5-17-21-14-16(26)8-11-25(21,4)20-9-12-24(3)18(6-7-19(24)22(20)23(17)27)15(2)10-13-31-32(28,29)30;/h15-23,26-27H,5-14H2,1-4H3,(H,28,29,30);/t15-,16-,17-,18-,19+,20+,21+,22+,23-,24-,25-;/m1./s1. The molecule has 1 radical (unpaired) electrons. The maximum absolute atomic E-state index is 11.7. The topological polar surface area (TPSA) is 104 Å². The third kappa shape index (κ3) is 5.01. The molecular weight excluding hydrogens is 451 g/mol. The van der Waals surface area contributed by atoms with Crippen LogP contribution in [0.3, 0.4) is 0 Å². The Hall–Kier alpha value is 0.790. The second-order valence-corrected chi connectivity index (χ2v) is 13.2. The van der Waals surface area contributed by atoms with Gasteiger partial charge in [0.25, 0.3) is 0 Å². The van der Waals surface area contributed by atoms with E-state index < -0.39 is 10.4 Å². The first kappa shape index (κ1) is 28.4. The number of hydrogen-bond acceptors (Lipinski definition) is 5. The number of rotatable bonds is 6. The van der Waals surface area contributed by atoms with E-state index in [2.05, 4.69) is 31.9 Å². The first-order valence-electron chi connectivity index (χ1n) is 12.9. The molecule has 0 amide bonds. The molecule has 4 aliphatic rings. The van der Waals surface area contributed by atoms with Gasteiger partial charge in [-0.25, -0.2) is 4.18 Å². The predicted molar refractivity (Wildman–Crippen MR) is 129 cm³/mol. The monoisotopic (exact) mass is 495 g/mol. The quantitative estimate of drug-likeness (QED) is 0.379. The molecule has 0 unspecified atom stereocenters. The molecule has 4 fully saturated rings. The summed E-state index contributed by atoms with van der Waals surface area (Å²) in [5.74, 6) is 2.78. The molecule has 187 valence electrons. The summed E-state index contributed by atoms with van der Waals surface area (Å²) >= 11 is 0. The molecule has 3 N–H and O–H groups in total. The van der Waals surface area contributed by atoms with Gasteiger partial charge in [0.15, 0.2) is 0 Å². The van der Waals surface area contributed by atoms with Crippen molar-refractivity contribution in [2.24, 2.45) is 52.3 Å². The van der Waals surface area contributed by atoms with Crippen molar-refractivity contribution < 1.29 is 27.4 Å². The Labute approximate surface area is 222 Å². The smallest absolute Gasteiger partial charge is 0.393 e. The Morgan fingerprint density at radius 2 is 1.64 bits per heavy atom. The Morgan fingerprint density at radius 1 is 1.00 bits per heavy atom. The molecule has 0 aromatic carbocycles. The zero-order chi connectivity index (χ0) is 23.5. The van der Waals surface area contributed by atoms with Crippen LogP contribution in [0, 0.1) is 52.3 Å². The van der Waals surface area contributed by atoms with Crippen LogP contribution in [0.25, 0.3) is 0 Å². The summed E-state index contributed by atoms with van der Waals surface area (Å²) in [4.78, 5) is 0. The molecule has 4 aliphatic carbocycles. The summed E-state index contributed by atoms with van der Waals surface area (Å²) in [6.45, 7) is 9.28. The summed E-state index contributed by atoms with van der Waals surface area (Å²) < 4.78 is 35.4. The molecule has 6 nitrogen and oxygen atoms in total. The van der Waals surface area contributed by atoms with Gasteiger partial charge in [0.2, 0.25) is 0 Å². The van der Waals surface area contributed by atoms with E-state index in [1.54, 1.807) is 0 Å². The molecular formula is C25H44NaO6S. The van der Waals surface area contributed by atoms with Crippen LogP contribution in [-0.2, 0) is 14.6 Å². The maximum Gasteiger partial charge on any atom is 0.397 e. The van der Waals surface area contributed by atoms with Gasteiger partial charge in [-0.2, -0.15) is 8.42 Å².